The molecule has 5 heteroatoms. The molecule has 0 spiro atoms. The molecule has 0 radical (unpaired) electrons. The first-order valence-electron chi connectivity index (χ1n) is 8.33. The predicted molar refractivity (Wildman–Crippen MR) is 94.1 cm³/mol. The number of nitrogens with one attached hydrogen (secondary N) is 1. The Morgan fingerprint density at radius 3 is 2.48 bits per heavy atom. The van der Waals surface area contributed by atoms with E-state index in [9.17, 15) is 4.79 Å². The molecule has 2 rings (SSSR count). The summed E-state index contributed by atoms with van der Waals surface area (Å²) in [5, 5.41) is 3.67. The highest BCUT2D eigenvalue weighted by molar-refractivity contribution is 6.30. The van der Waals surface area contributed by atoms with Crippen molar-refractivity contribution in [2.45, 2.75) is 51.7 Å². The molecule has 0 aromatic heterocycles. The number of benzene rings is 1. The predicted octanol–water partition coefficient (Wildman–Crippen LogP) is 3.49. The van der Waals surface area contributed by atoms with Gasteiger partial charge in [0.2, 0.25) is 0 Å². The Labute approximate surface area is 144 Å². The van der Waals surface area contributed by atoms with Crippen molar-refractivity contribution in [2.75, 3.05) is 19.6 Å². The monoisotopic (exact) mass is 338 g/mol. The third kappa shape index (κ3) is 5.40. The van der Waals surface area contributed by atoms with E-state index in [1.807, 2.05) is 0 Å². The maximum atomic E-state index is 12.3. The number of hydrogen-bond donors (Lipinski definition) is 1. The van der Waals surface area contributed by atoms with Crippen molar-refractivity contribution in [1.29, 1.82) is 0 Å². The minimum Gasteiger partial charge on any atom is -0.481 e. The molecule has 1 amide bonds. The number of carbonyl (C=O) groups excluding carboxylic acids is 1. The molecule has 1 heterocycles. The van der Waals surface area contributed by atoms with E-state index in [0.717, 1.165) is 13.1 Å². The summed E-state index contributed by atoms with van der Waals surface area (Å²) in [5.41, 5.74) is -0.0317. The lowest BCUT2D eigenvalue weighted by atomic mass is 9.98. The highest BCUT2D eigenvalue weighted by Crippen LogP contribution is 2.20. The Hall–Kier alpha value is -1.26. The van der Waals surface area contributed by atoms with Gasteiger partial charge in [-0.15, -0.1) is 0 Å². The Morgan fingerprint density at radius 1 is 1.26 bits per heavy atom. The molecule has 1 aliphatic heterocycles. The topological polar surface area (TPSA) is 41.6 Å². The van der Waals surface area contributed by atoms with Gasteiger partial charge in [-0.05, 0) is 71.0 Å². The van der Waals surface area contributed by atoms with Crippen molar-refractivity contribution in [3.05, 3.63) is 29.3 Å². The highest BCUT2D eigenvalue weighted by Gasteiger charge is 2.29. The molecule has 1 aliphatic rings. The van der Waals surface area contributed by atoms with Crippen LogP contribution in [0, 0.1) is 0 Å². The third-order valence-corrected chi connectivity index (χ3v) is 4.66. The van der Waals surface area contributed by atoms with Crippen molar-refractivity contribution in [3.8, 4) is 5.75 Å². The Morgan fingerprint density at radius 2 is 1.87 bits per heavy atom. The molecule has 1 aromatic rings. The van der Waals surface area contributed by atoms with Gasteiger partial charge in [-0.3, -0.25) is 9.69 Å². The number of likely N-dealkylation sites (tertiary alicyclic amines) is 1. The van der Waals surface area contributed by atoms with Crippen molar-refractivity contribution in [2.24, 2.45) is 0 Å². The van der Waals surface area contributed by atoms with E-state index in [4.69, 9.17) is 16.3 Å². The van der Waals surface area contributed by atoms with Crippen LogP contribution in [0.3, 0.4) is 0 Å². The first kappa shape index (κ1) is 18.1. The minimum absolute atomic E-state index is 0.0317. The average molecular weight is 339 g/mol. The van der Waals surface area contributed by atoms with Crippen LogP contribution >= 0.6 is 11.6 Å². The lowest BCUT2D eigenvalue weighted by molar-refractivity contribution is -0.127. The van der Waals surface area contributed by atoms with Gasteiger partial charge in [-0.1, -0.05) is 18.0 Å². The SMILES string of the molecule is CC(Oc1ccc(Cl)cc1)C(=O)NCC(C)(C)N1CCCCC1. The molecule has 1 aromatic carbocycles. The van der Waals surface area contributed by atoms with Crippen LogP contribution in [0.4, 0.5) is 0 Å². The van der Waals surface area contributed by atoms with E-state index in [1.165, 1.54) is 19.3 Å². The maximum absolute atomic E-state index is 12.3. The van der Waals surface area contributed by atoms with Crippen molar-refractivity contribution < 1.29 is 9.53 Å². The standard InChI is InChI=1S/C18H27ClN2O2/c1-14(23-16-9-7-15(19)8-10-16)17(22)20-13-18(2,3)21-11-5-4-6-12-21/h7-10,14H,4-6,11-13H2,1-3H3,(H,20,22). The largest absolute Gasteiger partial charge is 0.481 e. The molecule has 1 fully saturated rings. The van der Waals surface area contributed by atoms with E-state index in [1.54, 1.807) is 31.2 Å². The van der Waals surface area contributed by atoms with Crippen LogP contribution in [-0.4, -0.2) is 42.1 Å². The summed E-state index contributed by atoms with van der Waals surface area (Å²) in [6, 6.07) is 7.04. The van der Waals surface area contributed by atoms with E-state index >= 15 is 0 Å². The molecule has 1 unspecified atom stereocenters. The molecule has 1 saturated heterocycles. The van der Waals surface area contributed by atoms with E-state index in [2.05, 4.69) is 24.1 Å². The Bertz CT molecular complexity index is 510. The number of nitrogens with zero attached hydrogens (tertiary/aromatic N) is 1. The Kier molecular flexibility index (Phi) is 6.31. The van der Waals surface area contributed by atoms with Crippen LogP contribution < -0.4 is 10.1 Å². The molecule has 0 aliphatic carbocycles. The summed E-state index contributed by atoms with van der Waals surface area (Å²) < 4.78 is 5.66. The molecule has 0 bridgehead atoms. The van der Waals surface area contributed by atoms with Gasteiger partial charge in [0.1, 0.15) is 5.75 Å². The second-order valence-corrected chi connectivity index (χ2v) is 7.23. The molecule has 1 atom stereocenters. The second-order valence-electron chi connectivity index (χ2n) is 6.79. The summed E-state index contributed by atoms with van der Waals surface area (Å²) in [6.07, 6.45) is 3.26. The van der Waals surface area contributed by atoms with E-state index in [-0.39, 0.29) is 11.4 Å². The van der Waals surface area contributed by atoms with Gasteiger partial charge < -0.3 is 10.1 Å². The van der Waals surface area contributed by atoms with Crippen molar-refractivity contribution in [3.63, 3.8) is 0 Å². The zero-order valence-corrected chi connectivity index (χ0v) is 15.0. The number of rotatable bonds is 6. The fraction of sp³-hybridized carbons (Fsp3) is 0.611. The van der Waals surface area contributed by atoms with Crippen LogP contribution in [0.5, 0.6) is 5.75 Å². The van der Waals surface area contributed by atoms with Crippen LogP contribution in [0.2, 0.25) is 5.02 Å². The lowest BCUT2D eigenvalue weighted by Crippen LogP contribution is -2.54. The van der Waals surface area contributed by atoms with Gasteiger partial charge in [0, 0.05) is 17.1 Å². The summed E-state index contributed by atoms with van der Waals surface area (Å²) in [6.45, 7) is 8.98. The zero-order chi connectivity index (χ0) is 16.9. The quantitative estimate of drug-likeness (QED) is 0.863. The van der Waals surface area contributed by atoms with Crippen molar-refractivity contribution in [1.82, 2.24) is 10.2 Å². The second kappa shape index (κ2) is 8.02. The van der Waals surface area contributed by atoms with Gasteiger partial charge >= 0.3 is 0 Å². The molecule has 1 N–H and O–H groups in total. The summed E-state index contributed by atoms with van der Waals surface area (Å²) in [4.78, 5) is 14.7. The summed E-state index contributed by atoms with van der Waals surface area (Å²) in [7, 11) is 0. The van der Waals surface area contributed by atoms with Gasteiger partial charge in [0.05, 0.1) is 0 Å². The number of ether oxygens (including phenoxy) is 1. The van der Waals surface area contributed by atoms with Gasteiger partial charge in [-0.2, -0.15) is 0 Å². The van der Waals surface area contributed by atoms with Crippen LogP contribution in [-0.2, 0) is 4.79 Å². The lowest BCUT2D eigenvalue weighted by Gasteiger charge is -2.41. The minimum atomic E-state index is -0.534. The summed E-state index contributed by atoms with van der Waals surface area (Å²) in [5.74, 6) is 0.553. The van der Waals surface area contributed by atoms with Gasteiger partial charge in [0.15, 0.2) is 6.10 Å². The van der Waals surface area contributed by atoms with Gasteiger partial charge in [-0.25, -0.2) is 0 Å². The zero-order valence-electron chi connectivity index (χ0n) is 14.3. The molecule has 128 valence electrons. The smallest absolute Gasteiger partial charge is 0.260 e. The third-order valence-electron chi connectivity index (χ3n) is 4.40. The maximum Gasteiger partial charge on any atom is 0.260 e. The normalized spacial score (nSPS) is 17.6. The summed E-state index contributed by atoms with van der Waals surface area (Å²) >= 11 is 5.84. The van der Waals surface area contributed by atoms with Crippen LogP contribution in [0.25, 0.3) is 0 Å². The first-order chi connectivity index (χ1) is 10.9. The first-order valence-corrected chi connectivity index (χ1v) is 8.71. The fourth-order valence-corrected chi connectivity index (χ4v) is 2.95. The molecular formula is C18H27ClN2O2. The molecule has 23 heavy (non-hydrogen) atoms. The van der Waals surface area contributed by atoms with Crippen molar-refractivity contribution >= 4 is 17.5 Å². The Balaban J connectivity index is 1.82. The fourth-order valence-electron chi connectivity index (χ4n) is 2.83. The van der Waals surface area contributed by atoms with E-state index in [0.29, 0.717) is 17.3 Å². The highest BCUT2D eigenvalue weighted by atomic mass is 35.5. The number of piperidine rings is 1. The number of carbonyl (C=O) groups is 1. The van der Waals surface area contributed by atoms with Crippen LogP contribution in [0.1, 0.15) is 40.0 Å². The molecule has 0 saturated carbocycles. The van der Waals surface area contributed by atoms with Gasteiger partial charge in [0.25, 0.3) is 5.91 Å². The molecule has 4 nitrogen and oxygen atoms in total. The average Bonchev–Trinajstić information content (AvgIpc) is 2.55. The van der Waals surface area contributed by atoms with Crippen LogP contribution in [0.15, 0.2) is 24.3 Å². The number of amides is 1. The number of halogens is 1. The molecular weight excluding hydrogens is 312 g/mol. The van der Waals surface area contributed by atoms with E-state index < -0.39 is 6.10 Å². The number of hydrogen-bond acceptors (Lipinski definition) is 3.